The second-order valence-corrected chi connectivity index (χ2v) is 14.4. The monoisotopic (exact) mass is 608 g/mol. The minimum absolute atomic E-state index is 0.0192. The van der Waals surface area contributed by atoms with Crippen LogP contribution in [-0.4, -0.2) is 124 Å². The van der Waals surface area contributed by atoms with E-state index in [0.717, 1.165) is 31.6 Å². The zero-order valence-electron chi connectivity index (χ0n) is 25.1. The molecule has 5 heterocycles. The first-order valence-corrected chi connectivity index (χ1v) is 16.6. The number of aliphatic hydroxyl groups is 1. The standard InChI is InChI=1S/C33H44N4O5S/c1-32-12-8-15-36(24-25-10-4-2-5-11-25)29(39)26(32)27-30(40)37(16-6-3-7-21-38)28-31(41)35(14-9-13-33(27,28)43-32)18-17-34-19-22-42-23-20-34/h2,4-5,8-13,26-28,38H,3,6-7,14-24H2,1H3/t26-,27-,28?,32+,33-/m0/s1. The third-order valence-corrected chi connectivity index (χ3v) is 11.6. The fraction of sp³-hybridized carbons (Fsp3) is 0.606. The molecule has 6 rings (SSSR count). The van der Waals surface area contributed by atoms with Crippen LogP contribution in [0.1, 0.15) is 31.7 Å². The van der Waals surface area contributed by atoms with E-state index < -0.39 is 27.4 Å². The Hall–Kier alpha value is -2.66. The average Bonchev–Trinajstić information content (AvgIpc) is 3.28. The van der Waals surface area contributed by atoms with Crippen LogP contribution in [0.2, 0.25) is 0 Å². The molecule has 0 aromatic heterocycles. The molecule has 0 bridgehead atoms. The number of hydrogen-bond acceptors (Lipinski definition) is 7. The quantitative estimate of drug-likeness (QED) is 0.322. The van der Waals surface area contributed by atoms with Crippen LogP contribution in [0.25, 0.3) is 0 Å². The number of amides is 3. The van der Waals surface area contributed by atoms with Gasteiger partial charge < -0.3 is 24.5 Å². The maximum absolute atomic E-state index is 14.5. The number of likely N-dealkylation sites (tertiary alicyclic amines) is 1. The molecule has 5 aliphatic heterocycles. The van der Waals surface area contributed by atoms with E-state index in [9.17, 15) is 19.5 Å². The minimum atomic E-state index is -0.825. The molecule has 1 N–H and O–H groups in total. The Kier molecular flexibility index (Phi) is 9.01. The van der Waals surface area contributed by atoms with Crippen molar-refractivity contribution in [3.63, 3.8) is 0 Å². The highest BCUT2D eigenvalue weighted by molar-refractivity contribution is 8.02. The number of hydrogen-bond donors (Lipinski definition) is 1. The highest BCUT2D eigenvalue weighted by Crippen LogP contribution is 2.65. The molecule has 1 aromatic rings. The van der Waals surface area contributed by atoms with Crippen LogP contribution in [0.4, 0.5) is 0 Å². The van der Waals surface area contributed by atoms with E-state index in [4.69, 9.17) is 4.74 Å². The van der Waals surface area contributed by atoms with Crippen LogP contribution < -0.4 is 0 Å². The van der Waals surface area contributed by atoms with Crippen molar-refractivity contribution in [2.75, 3.05) is 65.6 Å². The van der Waals surface area contributed by atoms with Gasteiger partial charge in [-0.3, -0.25) is 19.3 Å². The lowest BCUT2D eigenvalue weighted by atomic mass is 9.74. The van der Waals surface area contributed by atoms with Crippen molar-refractivity contribution in [2.24, 2.45) is 11.8 Å². The second kappa shape index (κ2) is 12.8. The van der Waals surface area contributed by atoms with Gasteiger partial charge in [0.15, 0.2) is 0 Å². The molecular formula is C33H44N4O5S. The Morgan fingerprint density at radius 2 is 1.60 bits per heavy atom. The summed E-state index contributed by atoms with van der Waals surface area (Å²) in [6, 6.07) is 9.30. The molecule has 9 nitrogen and oxygen atoms in total. The summed E-state index contributed by atoms with van der Waals surface area (Å²) in [5.74, 6) is -1.34. The molecule has 0 saturated carbocycles. The number of unbranched alkanes of at least 4 members (excludes halogenated alkanes) is 2. The van der Waals surface area contributed by atoms with E-state index >= 15 is 0 Å². The predicted octanol–water partition coefficient (Wildman–Crippen LogP) is 2.17. The number of morpholine rings is 1. The van der Waals surface area contributed by atoms with E-state index in [0.29, 0.717) is 58.8 Å². The maximum Gasteiger partial charge on any atom is 0.247 e. The summed E-state index contributed by atoms with van der Waals surface area (Å²) < 4.78 is 4.06. The molecule has 10 heteroatoms. The van der Waals surface area contributed by atoms with E-state index in [1.165, 1.54) is 0 Å². The molecule has 0 radical (unpaired) electrons. The number of aliphatic hydroxyl groups excluding tert-OH is 1. The molecule has 3 saturated heterocycles. The van der Waals surface area contributed by atoms with Crippen molar-refractivity contribution in [1.82, 2.24) is 19.6 Å². The SMILES string of the molecule is C[C@@]12C=CCN(Cc3ccccc3)C(=O)[C@@H]1[C@H]1C(=O)N(CCCCCO)C3C(=O)N(CCN4CCOCC4)CC=C[C@@]31S2. The van der Waals surface area contributed by atoms with Gasteiger partial charge in [0, 0.05) is 63.7 Å². The lowest BCUT2D eigenvalue weighted by Gasteiger charge is -2.37. The van der Waals surface area contributed by atoms with Crippen LogP contribution in [0.3, 0.4) is 0 Å². The molecule has 0 aliphatic carbocycles. The van der Waals surface area contributed by atoms with Crippen molar-refractivity contribution in [2.45, 2.75) is 48.3 Å². The smallest absolute Gasteiger partial charge is 0.247 e. The van der Waals surface area contributed by atoms with Crippen molar-refractivity contribution in [3.8, 4) is 0 Å². The summed E-state index contributed by atoms with van der Waals surface area (Å²) in [4.78, 5) is 51.4. The molecule has 5 aliphatic rings. The summed E-state index contributed by atoms with van der Waals surface area (Å²) >= 11 is 1.64. The van der Waals surface area contributed by atoms with Gasteiger partial charge in [0.1, 0.15) is 6.04 Å². The molecule has 1 aromatic carbocycles. The number of thioether (sulfide) groups is 1. The fourth-order valence-corrected chi connectivity index (χ4v) is 9.82. The second-order valence-electron chi connectivity index (χ2n) is 12.6. The van der Waals surface area contributed by atoms with Gasteiger partial charge in [0.2, 0.25) is 17.7 Å². The first kappa shape index (κ1) is 30.4. The zero-order valence-corrected chi connectivity index (χ0v) is 25.9. The molecule has 3 fully saturated rings. The van der Waals surface area contributed by atoms with Crippen LogP contribution in [0, 0.1) is 11.8 Å². The summed E-state index contributed by atoms with van der Waals surface area (Å²) in [7, 11) is 0. The van der Waals surface area contributed by atoms with Gasteiger partial charge in [0.05, 0.1) is 29.8 Å². The molecular weight excluding hydrogens is 564 g/mol. The highest BCUT2D eigenvalue weighted by Gasteiger charge is 2.73. The fourth-order valence-electron chi connectivity index (χ4n) is 7.66. The Labute approximate surface area is 258 Å². The van der Waals surface area contributed by atoms with Gasteiger partial charge in [0.25, 0.3) is 0 Å². The minimum Gasteiger partial charge on any atom is -0.396 e. The third kappa shape index (κ3) is 5.67. The van der Waals surface area contributed by atoms with Crippen molar-refractivity contribution >= 4 is 29.5 Å². The van der Waals surface area contributed by atoms with Crippen LogP contribution in [0.5, 0.6) is 0 Å². The number of carbonyl (C=O) groups excluding carboxylic acids is 3. The normalized spacial score (nSPS) is 32.6. The van der Waals surface area contributed by atoms with E-state index in [1.807, 2.05) is 40.1 Å². The van der Waals surface area contributed by atoms with Gasteiger partial charge >= 0.3 is 0 Å². The molecule has 1 spiro atoms. The molecule has 232 valence electrons. The average molecular weight is 609 g/mol. The number of benzene rings is 1. The van der Waals surface area contributed by atoms with Gasteiger partial charge in [-0.1, -0.05) is 54.6 Å². The van der Waals surface area contributed by atoms with Gasteiger partial charge in [-0.2, -0.15) is 0 Å². The lowest BCUT2D eigenvalue weighted by molar-refractivity contribution is -0.145. The summed E-state index contributed by atoms with van der Waals surface area (Å²) in [6.07, 6.45) is 10.5. The van der Waals surface area contributed by atoms with E-state index in [-0.39, 0.29) is 24.3 Å². The lowest BCUT2D eigenvalue weighted by Crippen LogP contribution is -2.54. The van der Waals surface area contributed by atoms with Crippen LogP contribution >= 0.6 is 11.8 Å². The topological polar surface area (TPSA) is 93.6 Å². The zero-order chi connectivity index (χ0) is 30.0. The number of rotatable bonds is 10. The van der Waals surface area contributed by atoms with Crippen LogP contribution in [0.15, 0.2) is 54.6 Å². The summed E-state index contributed by atoms with van der Waals surface area (Å²) in [6.45, 7) is 8.56. The number of fused-ring (bicyclic) bond motifs is 2. The first-order chi connectivity index (χ1) is 20.9. The molecule has 43 heavy (non-hydrogen) atoms. The first-order valence-electron chi connectivity index (χ1n) is 15.8. The number of nitrogens with zero attached hydrogens (tertiary/aromatic N) is 4. The summed E-state index contributed by atoms with van der Waals surface area (Å²) in [5.41, 5.74) is 1.05. The Morgan fingerprint density at radius 3 is 2.37 bits per heavy atom. The van der Waals surface area contributed by atoms with Crippen LogP contribution in [-0.2, 0) is 25.7 Å². The molecule has 1 unspecified atom stereocenters. The Balaban J connectivity index is 1.32. The third-order valence-electron chi connectivity index (χ3n) is 9.79. The Morgan fingerprint density at radius 1 is 0.860 bits per heavy atom. The predicted molar refractivity (Wildman–Crippen MR) is 166 cm³/mol. The van der Waals surface area contributed by atoms with Gasteiger partial charge in [-0.05, 0) is 31.7 Å². The number of ether oxygens (including phenoxy) is 1. The van der Waals surface area contributed by atoms with Crippen molar-refractivity contribution in [3.05, 3.63) is 60.2 Å². The molecule has 5 atom stereocenters. The number of carbonyl (C=O) groups is 3. The van der Waals surface area contributed by atoms with Gasteiger partial charge in [-0.15, -0.1) is 11.8 Å². The van der Waals surface area contributed by atoms with Gasteiger partial charge in [-0.25, -0.2) is 0 Å². The van der Waals surface area contributed by atoms with Crippen molar-refractivity contribution in [1.29, 1.82) is 0 Å². The summed E-state index contributed by atoms with van der Waals surface area (Å²) in [5, 5.41) is 9.34. The van der Waals surface area contributed by atoms with Crippen molar-refractivity contribution < 1.29 is 24.2 Å². The highest BCUT2D eigenvalue weighted by atomic mass is 32.2. The van der Waals surface area contributed by atoms with E-state index in [1.54, 1.807) is 16.7 Å². The van der Waals surface area contributed by atoms with E-state index in [2.05, 4.69) is 36.1 Å². The molecule has 3 amide bonds. The maximum atomic E-state index is 14.5. The largest absolute Gasteiger partial charge is 0.396 e. The Bertz CT molecular complexity index is 1250.